The van der Waals surface area contributed by atoms with Crippen LogP contribution in [0.4, 0.5) is 5.69 Å². The van der Waals surface area contributed by atoms with Crippen LogP contribution in [0.5, 0.6) is 0 Å². The average Bonchev–Trinajstić information content (AvgIpc) is 3.21. The third kappa shape index (κ3) is 6.04. The number of benzene rings is 1. The quantitative estimate of drug-likeness (QED) is 0.697. The minimum atomic E-state index is -0.185. The van der Waals surface area contributed by atoms with Gasteiger partial charge in [0, 0.05) is 46.0 Å². The van der Waals surface area contributed by atoms with E-state index in [2.05, 4.69) is 17.1 Å². The summed E-state index contributed by atoms with van der Waals surface area (Å²) in [5.74, 6) is 0.119. The summed E-state index contributed by atoms with van der Waals surface area (Å²) in [6.07, 6.45) is 2.63. The molecule has 1 N–H and O–H groups in total. The van der Waals surface area contributed by atoms with E-state index in [-0.39, 0.29) is 23.8 Å². The van der Waals surface area contributed by atoms with E-state index >= 15 is 0 Å². The summed E-state index contributed by atoms with van der Waals surface area (Å²) in [6, 6.07) is 7.67. The first-order valence-corrected chi connectivity index (χ1v) is 11.2. The minimum Gasteiger partial charge on any atom is -0.347 e. The van der Waals surface area contributed by atoms with E-state index in [1.807, 2.05) is 34.1 Å². The Hall–Kier alpha value is -2.45. The van der Waals surface area contributed by atoms with Crippen LogP contribution in [0, 0.1) is 0 Å². The first-order chi connectivity index (χ1) is 14.9. The van der Waals surface area contributed by atoms with Gasteiger partial charge < -0.3 is 15.1 Å². The zero-order valence-electron chi connectivity index (χ0n) is 19.0. The summed E-state index contributed by atoms with van der Waals surface area (Å²) in [5, 5.41) is 3.01. The van der Waals surface area contributed by atoms with E-state index in [0.717, 1.165) is 37.1 Å². The number of carbonyl (C=O) groups is 3. The molecule has 2 saturated heterocycles. The third-order valence-corrected chi connectivity index (χ3v) is 6.19. The number of amides is 3. The standard InChI is InChI=1S/C23H35N5O3/c1-4-18-8-5-6-9-19(18)24-21(29)16-26-12-14-27(15-13-26)22(30)17-28-11-7-10-20(28)23(31)25(2)3/h5-6,8-9,20H,4,7,10-17H2,1-3H3,(H,24,29). The van der Waals surface area contributed by atoms with Crippen LogP contribution in [0.1, 0.15) is 25.3 Å². The largest absolute Gasteiger partial charge is 0.347 e. The molecule has 3 amide bonds. The highest BCUT2D eigenvalue weighted by atomic mass is 16.2. The van der Waals surface area contributed by atoms with Gasteiger partial charge in [0.25, 0.3) is 0 Å². The maximum absolute atomic E-state index is 12.8. The summed E-state index contributed by atoms with van der Waals surface area (Å²) in [6.45, 7) is 6.04. The summed E-state index contributed by atoms with van der Waals surface area (Å²) in [7, 11) is 3.52. The third-order valence-electron chi connectivity index (χ3n) is 6.19. The van der Waals surface area contributed by atoms with E-state index in [1.54, 1.807) is 19.0 Å². The van der Waals surface area contributed by atoms with Gasteiger partial charge >= 0.3 is 0 Å². The Balaban J connectivity index is 1.44. The first kappa shape index (κ1) is 23.2. The van der Waals surface area contributed by atoms with Crippen molar-refractivity contribution in [1.29, 1.82) is 0 Å². The Bertz CT molecular complexity index is 789. The van der Waals surface area contributed by atoms with Crippen LogP contribution in [0.15, 0.2) is 24.3 Å². The lowest BCUT2D eigenvalue weighted by molar-refractivity contribution is -0.137. The molecule has 1 atom stereocenters. The van der Waals surface area contributed by atoms with E-state index in [4.69, 9.17) is 0 Å². The highest BCUT2D eigenvalue weighted by Gasteiger charge is 2.34. The average molecular weight is 430 g/mol. The van der Waals surface area contributed by atoms with E-state index < -0.39 is 0 Å². The highest BCUT2D eigenvalue weighted by Crippen LogP contribution is 2.19. The lowest BCUT2D eigenvalue weighted by atomic mass is 10.1. The molecule has 0 aliphatic carbocycles. The molecular formula is C23H35N5O3. The fourth-order valence-corrected chi connectivity index (χ4v) is 4.37. The van der Waals surface area contributed by atoms with Crippen LogP contribution in [-0.4, -0.2) is 103 Å². The van der Waals surface area contributed by atoms with Gasteiger partial charge in [0.2, 0.25) is 17.7 Å². The summed E-state index contributed by atoms with van der Waals surface area (Å²) in [4.78, 5) is 45.2. The predicted molar refractivity (Wildman–Crippen MR) is 121 cm³/mol. The maximum Gasteiger partial charge on any atom is 0.239 e. The molecule has 2 aliphatic rings. The fraction of sp³-hybridized carbons (Fsp3) is 0.609. The lowest BCUT2D eigenvalue weighted by Crippen LogP contribution is -2.53. The number of nitrogens with zero attached hydrogens (tertiary/aromatic N) is 4. The Morgan fingerprint density at radius 2 is 1.74 bits per heavy atom. The number of likely N-dealkylation sites (N-methyl/N-ethyl adjacent to an activating group) is 1. The molecule has 0 bridgehead atoms. The number of para-hydroxylation sites is 1. The van der Waals surface area contributed by atoms with Crippen molar-refractivity contribution in [3.05, 3.63) is 29.8 Å². The molecule has 0 radical (unpaired) electrons. The first-order valence-electron chi connectivity index (χ1n) is 11.2. The second kappa shape index (κ2) is 10.7. The molecule has 2 fully saturated rings. The van der Waals surface area contributed by atoms with E-state index in [1.165, 1.54) is 0 Å². The van der Waals surface area contributed by atoms with E-state index in [9.17, 15) is 14.4 Å². The smallest absolute Gasteiger partial charge is 0.239 e. The number of piperazine rings is 1. The molecule has 31 heavy (non-hydrogen) atoms. The van der Waals surface area contributed by atoms with Gasteiger partial charge in [0.1, 0.15) is 0 Å². The normalized spacial score (nSPS) is 20.0. The summed E-state index contributed by atoms with van der Waals surface area (Å²) in [5.41, 5.74) is 2.00. The molecule has 0 spiro atoms. The van der Waals surface area contributed by atoms with Gasteiger partial charge in [-0.25, -0.2) is 0 Å². The van der Waals surface area contributed by atoms with Crippen LogP contribution in [0.3, 0.4) is 0 Å². The predicted octanol–water partition coefficient (Wildman–Crippen LogP) is 0.884. The van der Waals surface area contributed by atoms with Crippen molar-refractivity contribution in [1.82, 2.24) is 19.6 Å². The maximum atomic E-state index is 12.8. The van der Waals surface area contributed by atoms with Gasteiger partial charge in [0.05, 0.1) is 19.1 Å². The van der Waals surface area contributed by atoms with Gasteiger partial charge in [-0.3, -0.25) is 24.2 Å². The molecule has 2 heterocycles. The number of anilines is 1. The fourth-order valence-electron chi connectivity index (χ4n) is 4.37. The van der Waals surface area contributed by atoms with Gasteiger partial charge in [0.15, 0.2) is 0 Å². The van der Waals surface area contributed by atoms with Crippen molar-refractivity contribution in [3.63, 3.8) is 0 Å². The van der Waals surface area contributed by atoms with Crippen LogP contribution >= 0.6 is 0 Å². The van der Waals surface area contributed by atoms with Crippen molar-refractivity contribution in [2.24, 2.45) is 0 Å². The Kier molecular flexibility index (Phi) is 8.03. The summed E-state index contributed by atoms with van der Waals surface area (Å²) < 4.78 is 0. The van der Waals surface area contributed by atoms with Crippen LogP contribution in [0.25, 0.3) is 0 Å². The van der Waals surface area contributed by atoms with E-state index in [0.29, 0.717) is 39.3 Å². The van der Waals surface area contributed by atoms with Crippen molar-refractivity contribution < 1.29 is 14.4 Å². The molecule has 8 heteroatoms. The van der Waals surface area contributed by atoms with Gasteiger partial charge in [-0.15, -0.1) is 0 Å². The van der Waals surface area contributed by atoms with Crippen molar-refractivity contribution in [2.75, 3.05) is 65.2 Å². The van der Waals surface area contributed by atoms with Crippen molar-refractivity contribution in [3.8, 4) is 0 Å². The lowest BCUT2D eigenvalue weighted by Gasteiger charge is -2.35. The summed E-state index contributed by atoms with van der Waals surface area (Å²) >= 11 is 0. The SMILES string of the molecule is CCc1ccccc1NC(=O)CN1CCN(C(=O)CN2CCCC2C(=O)N(C)C)CC1. The number of hydrogen-bond donors (Lipinski definition) is 1. The Morgan fingerprint density at radius 1 is 1.03 bits per heavy atom. The van der Waals surface area contributed by atoms with Crippen LogP contribution < -0.4 is 5.32 Å². The molecule has 3 rings (SSSR count). The number of rotatable bonds is 7. The van der Waals surface area contributed by atoms with Gasteiger partial charge in [-0.1, -0.05) is 25.1 Å². The molecule has 2 aliphatic heterocycles. The second-order valence-corrected chi connectivity index (χ2v) is 8.58. The molecule has 0 aromatic heterocycles. The van der Waals surface area contributed by atoms with Crippen molar-refractivity contribution >= 4 is 23.4 Å². The Morgan fingerprint density at radius 3 is 2.42 bits per heavy atom. The second-order valence-electron chi connectivity index (χ2n) is 8.58. The topological polar surface area (TPSA) is 76.2 Å². The number of aryl methyl sites for hydroxylation is 1. The number of carbonyl (C=O) groups excluding carboxylic acids is 3. The zero-order valence-corrected chi connectivity index (χ0v) is 19.0. The molecule has 1 aromatic rings. The Labute approximate surface area is 185 Å². The van der Waals surface area contributed by atoms with Gasteiger partial charge in [-0.2, -0.15) is 0 Å². The van der Waals surface area contributed by atoms with Crippen molar-refractivity contribution in [2.45, 2.75) is 32.2 Å². The van der Waals surface area contributed by atoms with Gasteiger partial charge in [-0.05, 0) is 37.4 Å². The number of likely N-dealkylation sites (tertiary alicyclic amines) is 1. The highest BCUT2D eigenvalue weighted by molar-refractivity contribution is 5.93. The molecule has 0 saturated carbocycles. The molecule has 1 unspecified atom stereocenters. The monoisotopic (exact) mass is 429 g/mol. The van der Waals surface area contributed by atoms with Crippen LogP contribution in [0.2, 0.25) is 0 Å². The molecule has 8 nitrogen and oxygen atoms in total. The molecule has 170 valence electrons. The zero-order chi connectivity index (χ0) is 22.4. The molecular weight excluding hydrogens is 394 g/mol. The number of hydrogen-bond acceptors (Lipinski definition) is 5. The minimum absolute atomic E-state index is 0.0252. The molecule has 1 aromatic carbocycles. The number of nitrogens with one attached hydrogen (secondary N) is 1. The van der Waals surface area contributed by atoms with Crippen LogP contribution in [-0.2, 0) is 20.8 Å².